The molecular weight excluding hydrogens is 320 g/mol. The molecule has 3 aromatic rings. The minimum absolute atomic E-state index is 0.0630. The molecule has 3 N–H and O–H groups in total. The molecule has 0 aliphatic rings. The lowest BCUT2D eigenvalue weighted by molar-refractivity contribution is -0.120. The van der Waals surface area contributed by atoms with Gasteiger partial charge in [0.15, 0.2) is 0 Å². The van der Waals surface area contributed by atoms with Crippen molar-refractivity contribution >= 4 is 22.4 Å². The number of hydrogen-bond acceptors (Lipinski definition) is 5. The SMILES string of the molecule is Cc1ccccc1CC(=O)N[C@H](c1ccccc1)c1nnc(N)s1. The molecule has 0 unspecified atom stereocenters. The van der Waals surface area contributed by atoms with Crippen LogP contribution < -0.4 is 11.1 Å². The number of rotatable bonds is 5. The molecule has 1 aromatic heterocycles. The lowest BCUT2D eigenvalue weighted by atomic mass is 10.0. The van der Waals surface area contributed by atoms with Crippen molar-refractivity contribution in [2.24, 2.45) is 0 Å². The summed E-state index contributed by atoms with van der Waals surface area (Å²) in [4.78, 5) is 12.5. The predicted octanol–water partition coefficient (Wildman–Crippen LogP) is 2.88. The molecule has 0 fully saturated rings. The van der Waals surface area contributed by atoms with Crippen LogP contribution in [0.3, 0.4) is 0 Å². The van der Waals surface area contributed by atoms with E-state index in [0.29, 0.717) is 16.6 Å². The van der Waals surface area contributed by atoms with Crippen LogP contribution in [0.25, 0.3) is 0 Å². The van der Waals surface area contributed by atoms with Gasteiger partial charge in [-0.1, -0.05) is 65.9 Å². The van der Waals surface area contributed by atoms with E-state index in [1.165, 1.54) is 11.3 Å². The Morgan fingerprint density at radius 1 is 1.12 bits per heavy atom. The Morgan fingerprint density at radius 2 is 1.83 bits per heavy atom. The molecule has 24 heavy (non-hydrogen) atoms. The van der Waals surface area contributed by atoms with E-state index >= 15 is 0 Å². The van der Waals surface area contributed by atoms with Gasteiger partial charge < -0.3 is 11.1 Å². The average molecular weight is 338 g/mol. The van der Waals surface area contributed by atoms with Gasteiger partial charge in [0.2, 0.25) is 11.0 Å². The van der Waals surface area contributed by atoms with Crippen LogP contribution in [0.4, 0.5) is 5.13 Å². The van der Waals surface area contributed by atoms with Crippen molar-refractivity contribution in [1.29, 1.82) is 0 Å². The van der Waals surface area contributed by atoms with Gasteiger partial charge in [-0.3, -0.25) is 4.79 Å². The van der Waals surface area contributed by atoms with E-state index in [1.54, 1.807) is 0 Å². The molecule has 3 rings (SSSR count). The van der Waals surface area contributed by atoms with E-state index in [9.17, 15) is 4.79 Å². The molecule has 5 nitrogen and oxygen atoms in total. The summed E-state index contributed by atoms with van der Waals surface area (Å²) < 4.78 is 0. The van der Waals surface area contributed by atoms with Crippen molar-refractivity contribution in [3.63, 3.8) is 0 Å². The third-order valence-electron chi connectivity index (χ3n) is 3.75. The number of hydrogen-bond donors (Lipinski definition) is 2. The van der Waals surface area contributed by atoms with Gasteiger partial charge in [0.05, 0.1) is 6.42 Å². The Hall–Kier alpha value is -2.73. The second-order valence-electron chi connectivity index (χ2n) is 5.49. The summed E-state index contributed by atoms with van der Waals surface area (Å²) >= 11 is 1.28. The van der Waals surface area contributed by atoms with Gasteiger partial charge in [-0.25, -0.2) is 0 Å². The Labute approximate surface area is 144 Å². The number of nitrogens with zero attached hydrogens (tertiary/aromatic N) is 2. The summed E-state index contributed by atoms with van der Waals surface area (Å²) in [7, 11) is 0. The molecule has 122 valence electrons. The fraction of sp³-hybridized carbons (Fsp3) is 0.167. The van der Waals surface area contributed by atoms with Gasteiger partial charge in [0, 0.05) is 0 Å². The lowest BCUT2D eigenvalue weighted by Crippen LogP contribution is -2.30. The van der Waals surface area contributed by atoms with Crippen LogP contribution >= 0.6 is 11.3 Å². The standard InChI is InChI=1S/C18H18N4OS/c1-12-7-5-6-10-14(12)11-15(23)20-16(13-8-3-2-4-9-13)17-21-22-18(19)24-17/h2-10,16H,11H2,1H3,(H2,19,22)(H,20,23)/t16-/m1/s1. The summed E-state index contributed by atoms with van der Waals surface area (Å²) in [6.45, 7) is 2.00. The van der Waals surface area contributed by atoms with Crippen LogP contribution in [0.2, 0.25) is 0 Å². The highest BCUT2D eigenvalue weighted by atomic mass is 32.1. The number of carbonyl (C=O) groups is 1. The second-order valence-corrected chi connectivity index (χ2v) is 6.53. The quantitative estimate of drug-likeness (QED) is 0.749. The molecule has 1 heterocycles. The van der Waals surface area contributed by atoms with Crippen LogP contribution in [0.15, 0.2) is 54.6 Å². The van der Waals surface area contributed by atoms with Gasteiger partial charge in [-0.15, -0.1) is 10.2 Å². The van der Waals surface area contributed by atoms with Crippen molar-refractivity contribution in [3.05, 3.63) is 76.3 Å². The van der Waals surface area contributed by atoms with Crippen LogP contribution in [0.1, 0.15) is 27.7 Å². The molecule has 2 aromatic carbocycles. The van der Waals surface area contributed by atoms with Crippen LogP contribution in [0.5, 0.6) is 0 Å². The number of nitrogens with one attached hydrogen (secondary N) is 1. The van der Waals surface area contributed by atoms with Gasteiger partial charge in [0.25, 0.3) is 0 Å². The van der Waals surface area contributed by atoms with E-state index in [2.05, 4.69) is 15.5 Å². The number of aromatic nitrogens is 2. The number of aryl methyl sites for hydroxylation is 1. The topological polar surface area (TPSA) is 80.9 Å². The first-order valence-corrected chi connectivity index (χ1v) is 8.43. The first-order chi connectivity index (χ1) is 11.6. The van der Waals surface area contributed by atoms with Gasteiger partial charge in [-0.2, -0.15) is 0 Å². The van der Waals surface area contributed by atoms with Gasteiger partial charge in [0.1, 0.15) is 11.0 Å². The van der Waals surface area contributed by atoms with Crippen molar-refractivity contribution in [3.8, 4) is 0 Å². The minimum Gasteiger partial charge on any atom is -0.374 e. The second kappa shape index (κ2) is 7.23. The normalized spacial score (nSPS) is 11.9. The molecule has 0 saturated heterocycles. The van der Waals surface area contributed by atoms with Gasteiger partial charge in [-0.05, 0) is 23.6 Å². The van der Waals surface area contributed by atoms with Crippen LogP contribution in [-0.2, 0) is 11.2 Å². The van der Waals surface area contributed by atoms with E-state index in [1.807, 2.05) is 61.5 Å². The molecule has 0 spiro atoms. The lowest BCUT2D eigenvalue weighted by Gasteiger charge is -2.17. The molecule has 0 bridgehead atoms. The zero-order chi connectivity index (χ0) is 16.9. The van der Waals surface area contributed by atoms with E-state index in [4.69, 9.17) is 5.73 Å². The number of amides is 1. The number of carbonyl (C=O) groups excluding carboxylic acids is 1. The Morgan fingerprint density at radius 3 is 2.50 bits per heavy atom. The summed E-state index contributed by atoms with van der Waals surface area (Å²) in [6, 6.07) is 17.2. The maximum absolute atomic E-state index is 12.5. The molecule has 0 radical (unpaired) electrons. The number of nitrogen functional groups attached to an aromatic ring is 1. The smallest absolute Gasteiger partial charge is 0.225 e. The van der Waals surface area contributed by atoms with Crippen molar-refractivity contribution in [2.75, 3.05) is 5.73 Å². The molecule has 6 heteroatoms. The van der Waals surface area contributed by atoms with Gasteiger partial charge >= 0.3 is 0 Å². The summed E-state index contributed by atoms with van der Waals surface area (Å²) in [6.07, 6.45) is 0.324. The molecule has 0 saturated carbocycles. The first kappa shape index (κ1) is 16.1. The van der Waals surface area contributed by atoms with Crippen molar-refractivity contribution in [1.82, 2.24) is 15.5 Å². The Bertz CT molecular complexity index is 832. The number of anilines is 1. The fourth-order valence-electron chi connectivity index (χ4n) is 2.49. The molecule has 0 aliphatic carbocycles. The predicted molar refractivity (Wildman–Crippen MR) is 95.6 cm³/mol. The third kappa shape index (κ3) is 3.78. The molecule has 0 aliphatic heterocycles. The highest BCUT2D eigenvalue weighted by Crippen LogP contribution is 2.26. The minimum atomic E-state index is -0.350. The summed E-state index contributed by atoms with van der Waals surface area (Å²) in [5, 5.41) is 12.1. The van der Waals surface area contributed by atoms with Crippen LogP contribution in [-0.4, -0.2) is 16.1 Å². The molecular formula is C18H18N4OS. The highest BCUT2D eigenvalue weighted by molar-refractivity contribution is 7.15. The maximum atomic E-state index is 12.5. The van der Waals surface area contributed by atoms with E-state index in [-0.39, 0.29) is 11.9 Å². The number of benzene rings is 2. The van der Waals surface area contributed by atoms with Crippen molar-refractivity contribution in [2.45, 2.75) is 19.4 Å². The molecule has 1 atom stereocenters. The fourth-order valence-corrected chi connectivity index (χ4v) is 3.18. The maximum Gasteiger partial charge on any atom is 0.225 e. The zero-order valence-electron chi connectivity index (χ0n) is 13.3. The largest absolute Gasteiger partial charge is 0.374 e. The van der Waals surface area contributed by atoms with Crippen LogP contribution in [0, 0.1) is 6.92 Å². The van der Waals surface area contributed by atoms with E-state index < -0.39 is 0 Å². The van der Waals surface area contributed by atoms with E-state index in [0.717, 1.165) is 16.7 Å². The molecule has 1 amide bonds. The van der Waals surface area contributed by atoms with Crippen molar-refractivity contribution < 1.29 is 4.79 Å². The highest BCUT2D eigenvalue weighted by Gasteiger charge is 2.21. The monoisotopic (exact) mass is 338 g/mol. The average Bonchev–Trinajstić information content (AvgIpc) is 3.02. The summed E-state index contributed by atoms with van der Waals surface area (Å²) in [5.74, 6) is -0.0630. The Kier molecular flexibility index (Phi) is 4.86. The first-order valence-electron chi connectivity index (χ1n) is 7.61. The Balaban J connectivity index is 1.82. The zero-order valence-corrected chi connectivity index (χ0v) is 14.1. The number of nitrogens with two attached hydrogens (primary N) is 1. The third-order valence-corrected chi connectivity index (χ3v) is 4.57. The summed E-state index contributed by atoms with van der Waals surface area (Å²) in [5.41, 5.74) is 8.77.